The maximum absolute atomic E-state index is 5.89. The van der Waals surface area contributed by atoms with Crippen molar-refractivity contribution in [1.82, 2.24) is 10.3 Å². The summed E-state index contributed by atoms with van der Waals surface area (Å²) in [5.41, 5.74) is 6.71. The van der Waals surface area contributed by atoms with E-state index in [1.54, 1.807) is 18.4 Å². The van der Waals surface area contributed by atoms with Crippen LogP contribution in [0.4, 0.5) is 0 Å². The van der Waals surface area contributed by atoms with Crippen molar-refractivity contribution < 1.29 is 9.68 Å². The zero-order valence-corrected chi connectivity index (χ0v) is 17.5. The largest absolute Gasteiger partial charge is 0.399 e. The second-order valence-electron chi connectivity index (χ2n) is 7.88. The van der Waals surface area contributed by atoms with Gasteiger partial charge in [-0.25, -0.2) is 4.98 Å². The fourth-order valence-corrected chi connectivity index (χ4v) is 5.60. The lowest BCUT2D eigenvalue weighted by Crippen LogP contribution is -2.26. The van der Waals surface area contributed by atoms with Gasteiger partial charge in [-0.3, -0.25) is 0 Å². The van der Waals surface area contributed by atoms with Crippen LogP contribution in [-0.4, -0.2) is 36.6 Å². The molecule has 0 saturated carbocycles. The summed E-state index contributed by atoms with van der Waals surface area (Å²) < 4.78 is 0. The first kappa shape index (κ1) is 18.8. The highest BCUT2D eigenvalue weighted by molar-refractivity contribution is 7.10. The first-order chi connectivity index (χ1) is 14.3. The number of aromatic nitrogens is 1. The molecule has 0 spiro atoms. The van der Waals surface area contributed by atoms with E-state index in [1.165, 1.54) is 34.5 Å². The van der Waals surface area contributed by atoms with Gasteiger partial charge in [-0.1, -0.05) is 28.5 Å². The van der Waals surface area contributed by atoms with Gasteiger partial charge in [-0.15, -0.1) is 11.3 Å². The van der Waals surface area contributed by atoms with Crippen LogP contribution in [0, 0.1) is 0 Å². The summed E-state index contributed by atoms with van der Waals surface area (Å²) in [4.78, 5) is 15.9. The zero-order valence-electron chi connectivity index (χ0n) is 16.7. The molecular weight excluding hydrogens is 384 g/mol. The van der Waals surface area contributed by atoms with Gasteiger partial charge in [0.15, 0.2) is 6.10 Å². The molecule has 1 unspecified atom stereocenters. The molecule has 2 aromatic rings. The maximum Gasteiger partial charge on any atom is 0.158 e. The zero-order chi connectivity index (χ0) is 19.6. The number of nitrogens with zero attached hydrogens (tertiary/aromatic N) is 3. The lowest BCUT2D eigenvalue weighted by molar-refractivity contribution is 0.0850. The summed E-state index contributed by atoms with van der Waals surface area (Å²) in [6, 6.07) is 6.39. The monoisotopic (exact) mass is 410 g/mol. The molecule has 7 heteroatoms. The Kier molecular flexibility index (Phi) is 5.33. The van der Waals surface area contributed by atoms with Crippen LogP contribution < -0.4 is 5.32 Å². The molecule has 1 fully saturated rings. The van der Waals surface area contributed by atoms with Crippen LogP contribution in [0.2, 0.25) is 0 Å². The molecule has 1 N–H and O–H groups in total. The van der Waals surface area contributed by atoms with Gasteiger partial charge in [-0.2, -0.15) is 0 Å². The molecule has 1 aliphatic carbocycles. The maximum atomic E-state index is 5.89. The van der Waals surface area contributed by atoms with Crippen LogP contribution in [0.25, 0.3) is 0 Å². The highest BCUT2D eigenvalue weighted by Gasteiger charge is 2.30. The van der Waals surface area contributed by atoms with E-state index in [2.05, 4.69) is 39.2 Å². The predicted octanol–water partition coefficient (Wildman–Crippen LogP) is 4.16. The molecule has 1 aromatic heterocycles. The fourth-order valence-electron chi connectivity index (χ4n) is 4.60. The number of hydrogen-bond donors (Lipinski definition) is 1. The van der Waals surface area contributed by atoms with Crippen LogP contribution in [0.5, 0.6) is 0 Å². The summed E-state index contributed by atoms with van der Waals surface area (Å²) in [6.45, 7) is 2.17. The lowest BCUT2D eigenvalue weighted by Gasteiger charge is -2.22. The number of fused-ring (bicyclic) bond motifs is 1. The average molecular weight is 411 g/mol. The van der Waals surface area contributed by atoms with Gasteiger partial charge in [0.25, 0.3) is 0 Å². The number of hydrogen-bond acceptors (Lipinski definition) is 7. The van der Waals surface area contributed by atoms with Gasteiger partial charge in [0, 0.05) is 23.3 Å². The minimum atomic E-state index is -0.0501. The molecule has 6 nitrogen and oxygen atoms in total. The quantitative estimate of drug-likeness (QED) is 0.769. The van der Waals surface area contributed by atoms with Gasteiger partial charge in [0.05, 0.1) is 16.4 Å². The normalized spacial score (nSPS) is 23.6. The van der Waals surface area contributed by atoms with Crippen molar-refractivity contribution >= 4 is 22.8 Å². The molecule has 3 aliphatic rings. The van der Waals surface area contributed by atoms with E-state index in [-0.39, 0.29) is 6.10 Å². The van der Waals surface area contributed by atoms with Crippen LogP contribution in [0.1, 0.15) is 71.5 Å². The molecule has 0 radical (unpaired) electrons. The molecular formula is C22H26N4O2S. The predicted molar refractivity (Wildman–Crippen MR) is 115 cm³/mol. The van der Waals surface area contributed by atoms with Gasteiger partial charge in [-0.05, 0) is 56.3 Å². The number of thiazole rings is 1. The summed E-state index contributed by atoms with van der Waals surface area (Å²) in [5, 5.41) is 15.5. The minimum Gasteiger partial charge on any atom is -0.399 e. The highest BCUT2D eigenvalue weighted by atomic mass is 32.1. The topological polar surface area (TPSA) is 68.1 Å². The Hall–Kier alpha value is -2.25. The Morgan fingerprint density at radius 1 is 1.24 bits per heavy atom. The third kappa shape index (κ3) is 3.69. The molecule has 152 valence electrons. The van der Waals surface area contributed by atoms with Crippen LogP contribution in [-0.2, 0) is 16.1 Å². The summed E-state index contributed by atoms with van der Waals surface area (Å²) in [7, 11) is 1.61. The van der Waals surface area contributed by atoms with Gasteiger partial charge in [0.1, 0.15) is 12.8 Å². The van der Waals surface area contributed by atoms with E-state index in [0.717, 1.165) is 55.9 Å². The number of oxime groups is 2. The van der Waals surface area contributed by atoms with Crippen molar-refractivity contribution in [3.8, 4) is 0 Å². The van der Waals surface area contributed by atoms with Gasteiger partial charge < -0.3 is 15.0 Å². The van der Waals surface area contributed by atoms with Crippen LogP contribution in [0.3, 0.4) is 0 Å². The molecule has 1 aromatic carbocycles. The molecule has 1 saturated heterocycles. The van der Waals surface area contributed by atoms with Gasteiger partial charge >= 0.3 is 0 Å². The lowest BCUT2D eigenvalue weighted by atomic mass is 9.84. The Morgan fingerprint density at radius 2 is 2.14 bits per heavy atom. The minimum absolute atomic E-state index is 0.0501. The molecule has 3 heterocycles. The second-order valence-corrected chi connectivity index (χ2v) is 8.77. The standard InChI is InChI=1S/C22H26N4O2S/c1-27-25-18-7-3-4-15-16(18)5-2-6-17(15)21-12-19(26-28-21)20-13-29-22(24-20)14-8-10-23-11-9-14/h2,5-6,13-14,21,23H,3-4,7-12H2,1H3/b25-18+. The SMILES string of the molecule is CO/N=C1\CCCc2c1cccc2C1CC(c2csc(C3CCNCC3)n2)=NO1. The van der Waals surface area contributed by atoms with Crippen molar-refractivity contribution in [2.45, 2.75) is 50.5 Å². The first-order valence-corrected chi connectivity index (χ1v) is 11.3. The van der Waals surface area contributed by atoms with E-state index < -0.39 is 0 Å². The fraction of sp³-hybridized carbons (Fsp3) is 0.500. The van der Waals surface area contributed by atoms with E-state index in [9.17, 15) is 0 Å². The molecule has 2 aliphatic heterocycles. The number of piperidine rings is 1. The van der Waals surface area contributed by atoms with Crippen molar-refractivity contribution in [3.05, 3.63) is 51.0 Å². The van der Waals surface area contributed by atoms with Crippen molar-refractivity contribution in [1.29, 1.82) is 0 Å². The number of rotatable bonds is 4. The molecule has 5 rings (SSSR count). The van der Waals surface area contributed by atoms with E-state index in [4.69, 9.17) is 14.7 Å². The van der Waals surface area contributed by atoms with E-state index in [0.29, 0.717) is 5.92 Å². The Bertz CT molecular complexity index is 946. The molecule has 29 heavy (non-hydrogen) atoms. The summed E-state index contributed by atoms with van der Waals surface area (Å²) in [5.74, 6) is 0.577. The average Bonchev–Trinajstić information content (AvgIpc) is 3.44. The third-order valence-electron chi connectivity index (χ3n) is 6.09. The Labute approximate surface area is 175 Å². The Morgan fingerprint density at radius 3 is 3.00 bits per heavy atom. The van der Waals surface area contributed by atoms with Gasteiger partial charge in [0.2, 0.25) is 0 Å². The van der Waals surface area contributed by atoms with Crippen LogP contribution in [0.15, 0.2) is 33.9 Å². The van der Waals surface area contributed by atoms with Crippen LogP contribution >= 0.6 is 11.3 Å². The van der Waals surface area contributed by atoms with Crippen molar-refractivity contribution in [3.63, 3.8) is 0 Å². The smallest absolute Gasteiger partial charge is 0.158 e. The number of nitrogens with one attached hydrogen (secondary N) is 1. The highest BCUT2D eigenvalue weighted by Crippen LogP contribution is 2.36. The summed E-state index contributed by atoms with van der Waals surface area (Å²) >= 11 is 1.76. The molecule has 0 amide bonds. The van der Waals surface area contributed by atoms with Crippen molar-refractivity contribution in [2.75, 3.05) is 20.2 Å². The molecule has 1 atom stereocenters. The summed E-state index contributed by atoms with van der Waals surface area (Å²) in [6.07, 6.45) is 6.13. The second kappa shape index (κ2) is 8.24. The van der Waals surface area contributed by atoms with E-state index in [1.807, 2.05) is 0 Å². The molecule has 0 bridgehead atoms. The van der Waals surface area contributed by atoms with Crippen molar-refractivity contribution in [2.24, 2.45) is 10.3 Å². The van der Waals surface area contributed by atoms with E-state index >= 15 is 0 Å². The third-order valence-corrected chi connectivity index (χ3v) is 7.09. The number of benzene rings is 1. The first-order valence-electron chi connectivity index (χ1n) is 10.4. The Balaban J connectivity index is 1.34.